The molecular weight excluding hydrogens is 296 g/mol. The zero-order valence-electron chi connectivity index (χ0n) is 12.4. The number of carbonyl (C=O) groups excluding carboxylic acids is 2. The summed E-state index contributed by atoms with van der Waals surface area (Å²) < 4.78 is 5.08. The molecule has 5 nitrogen and oxygen atoms in total. The van der Waals surface area contributed by atoms with Crippen LogP contribution in [0.25, 0.3) is 11.0 Å². The van der Waals surface area contributed by atoms with E-state index < -0.39 is 0 Å². The predicted molar refractivity (Wildman–Crippen MR) is 86.0 cm³/mol. The fraction of sp³-hybridized carbons (Fsp3) is 0.0556. The lowest BCUT2D eigenvalue weighted by molar-refractivity contribution is 0.101. The molecule has 23 heavy (non-hydrogen) atoms. The third-order valence-corrected chi connectivity index (χ3v) is 3.12. The first-order chi connectivity index (χ1) is 11.0. The van der Waals surface area contributed by atoms with Crippen LogP contribution in [0.5, 0.6) is 5.75 Å². The Kier molecular flexibility index (Phi) is 5.04. The molecule has 0 aliphatic rings. The second-order valence-corrected chi connectivity index (χ2v) is 4.71. The van der Waals surface area contributed by atoms with Gasteiger partial charge in [0.2, 0.25) is 5.43 Å². The second-order valence-electron chi connectivity index (χ2n) is 4.71. The Morgan fingerprint density at radius 1 is 1.09 bits per heavy atom. The van der Waals surface area contributed by atoms with Crippen molar-refractivity contribution in [3.8, 4) is 5.75 Å². The van der Waals surface area contributed by atoms with Gasteiger partial charge in [-0.3, -0.25) is 14.4 Å². The minimum absolute atomic E-state index is 0.0509. The normalized spacial score (nSPS) is 9.78. The first-order valence-electron chi connectivity index (χ1n) is 6.79. The minimum atomic E-state index is -0.281. The Morgan fingerprint density at radius 2 is 1.74 bits per heavy atom. The van der Waals surface area contributed by atoms with Gasteiger partial charge in [-0.1, -0.05) is 24.3 Å². The van der Waals surface area contributed by atoms with E-state index in [0.29, 0.717) is 22.8 Å². The van der Waals surface area contributed by atoms with E-state index in [1.54, 1.807) is 42.5 Å². The van der Waals surface area contributed by atoms with Crippen molar-refractivity contribution in [2.75, 3.05) is 0 Å². The Labute approximate surface area is 131 Å². The van der Waals surface area contributed by atoms with Gasteiger partial charge < -0.3 is 9.52 Å². The standard InChI is InChI=1S/C10H6O3.C8H8O2/c11-5-7-6-13-9-4-2-1-3-8(9)10(7)12;1-6(9)7-4-2-3-5-8(7)10/h1-6H;2-5,10H,1H3. The van der Waals surface area contributed by atoms with Crippen LogP contribution in [-0.2, 0) is 0 Å². The number of aromatic hydroxyl groups is 1. The number of Topliss-reactive ketones (excluding diaryl/α,β-unsaturated/α-hetero) is 1. The fourth-order valence-electron chi connectivity index (χ4n) is 1.95. The Balaban J connectivity index is 0.000000174. The zero-order chi connectivity index (χ0) is 16.8. The summed E-state index contributed by atoms with van der Waals surface area (Å²) in [7, 11) is 0. The van der Waals surface area contributed by atoms with Crippen molar-refractivity contribution in [3.05, 3.63) is 76.1 Å². The number of phenolic OH excluding ortho intramolecular Hbond substituents is 1. The van der Waals surface area contributed by atoms with Gasteiger partial charge in [0, 0.05) is 0 Å². The highest BCUT2D eigenvalue weighted by Gasteiger charge is 2.04. The topological polar surface area (TPSA) is 84.6 Å². The average molecular weight is 310 g/mol. The van der Waals surface area contributed by atoms with Crippen LogP contribution in [0, 0.1) is 0 Å². The van der Waals surface area contributed by atoms with Gasteiger partial charge in [-0.05, 0) is 31.2 Å². The number of benzene rings is 2. The van der Waals surface area contributed by atoms with Crippen molar-refractivity contribution in [2.24, 2.45) is 0 Å². The highest BCUT2D eigenvalue weighted by molar-refractivity contribution is 5.96. The van der Waals surface area contributed by atoms with Gasteiger partial charge in [-0.25, -0.2) is 0 Å². The number of carbonyl (C=O) groups is 2. The number of ketones is 1. The summed E-state index contributed by atoms with van der Waals surface area (Å²) in [6, 6.07) is 13.3. The maximum atomic E-state index is 11.5. The summed E-state index contributed by atoms with van der Waals surface area (Å²) in [6.07, 6.45) is 1.68. The number of hydrogen-bond acceptors (Lipinski definition) is 5. The zero-order valence-corrected chi connectivity index (χ0v) is 12.4. The molecule has 3 rings (SSSR count). The highest BCUT2D eigenvalue weighted by atomic mass is 16.3. The molecule has 2 aromatic carbocycles. The molecule has 3 aromatic rings. The Bertz CT molecular complexity index is 908. The van der Waals surface area contributed by atoms with Crippen molar-refractivity contribution >= 4 is 23.0 Å². The van der Waals surface area contributed by atoms with Crippen LogP contribution < -0.4 is 5.43 Å². The predicted octanol–water partition coefficient (Wildman–Crippen LogP) is 3.20. The summed E-state index contributed by atoms with van der Waals surface area (Å²) >= 11 is 0. The fourth-order valence-corrected chi connectivity index (χ4v) is 1.95. The molecule has 0 aliphatic heterocycles. The lowest BCUT2D eigenvalue weighted by Crippen LogP contribution is -2.06. The van der Waals surface area contributed by atoms with Gasteiger partial charge in [0.05, 0.1) is 16.5 Å². The van der Waals surface area contributed by atoms with E-state index >= 15 is 0 Å². The van der Waals surface area contributed by atoms with E-state index in [1.807, 2.05) is 0 Å². The van der Waals surface area contributed by atoms with Gasteiger partial charge >= 0.3 is 0 Å². The van der Waals surface area contributed by atoms with Crippen molar-refractivity contribution < 1.29 is 19.1 Å². The number of phenols is 1. The summed E-state index contributed by atoms with van der Waals surface area (Å²) in [5.41, 5.74) is 0.649. The van der Waals surface area contributed by atoms with Crippen molar-refractivity contribution in [3.63, 3.8) is 0 Å². The minimum Gasteiger partial charge on any atom is -0.507 e. The lowest BCUT2D eigenvalue weighted by atomic mass is 10.1. The van der Waals surface area contributed by atoms with E-state index in [9.17, 15) is 14.4 Å². The van der Waals surface area contributed by atoms with Crippen LogP contribution in [0.2, 0.25) is 0 Å². The summed E-state index contributed by atoms with van der Waals surface area (Å²) in [5.74, 6) is -0.0619. The first kappa shape index (κ1) is 16.2. The van der Waals surface area contributed by atoms with E-state index in [0.717, 1.165) is 0 Å². The molecule has 1 heterocycles. The van der Waals surface area contributed by atoms with Gasteiger partial charge in [0.1, 0.15) is 17.6 Å². The first-order valence-corrected chi connectivity index (χ1v) is 6.79. The lowest BCUT2D eigenvalue weighted by Gasteiger charge is -1.96. The number of fused-ring (bicyclic) bond motifs is 1. The van der Waals surface area contributed by atoms with Crippen molar-refractivity contribution in [1.29, 1.82) is 0 Å². The smallest absolute Gasteiger partial charge is 0.203 e. The van der Waals surface area contributed by atoms with Crippen LogP contribution in [-0.4, -0.2) is 17.2 Å². The molecule has 0 saturated carbocycles. The quantitative estimate of drug-likeness (QED) is 0.580. The van der Waals surface area contributed by atoms with Gasteiger partial charge in [0.15, 0.2) is 12.1 Å². The maximum Gasteiger partial charge on any atom is 0.203 e. The molecule has 0 unspecified atom stereocenters. The Hall–Kier alpha value is -3.21. The van der Waals surface area contributed by atoms with E-state index in [4.69, 9.17) is 9.52 Å². The van der Waals surface area contributed by atoms with E-state index in [2.05, 4.69) is 0 Å². The van der Waals surface area contributed by atoms with Crippen LogP contribution in [0.1, 0.15) is 27.6 Å². The number of aldehydes is 1. The van der Waals surface area contributed by atoms with Gasteiger partial charge in [0.25, 0.3) is 0 Å². The Morgan fingerprint density at radius 3 is 2.35 bits per heavy atom. The molecular formula is C18H14O5. The molecule has 5 heteroatoms. The van der Waals surface area contributed by atoms with Crippen LogP contribution in [0.4, 0.5) is 0 Å². The van der Waals surface area contributed by atoms with Crippen LogP contribution in [0.15, 0.2) is 64.0 Å². The molecule has 0 spiro atoms. The van der Waals surface area contributed by atoms with Crippen molar-refractivity contribution in [2.45, 2.75) is 6.92 Å². The SMILES string of the molecule is CC(=O)c1ccccc1O.O=Cc1coc2ccccc2c1=O. The molecule has 0 saturated heterocycles. The van der Waals surface area contributed by atoms with Crippen LogP contribution in [0.3, 0.4) is 0 Å². The summed E-state index contributed by atoms with van der Waals surface area (Å²) in [5, 5.41) is 9.50. The monoisotopic (exact) mass is 310 g/mol. The van der Waals surface area contributed by atoms with E-state index in [-0.39, 0.29) is 22.5 Å². The summed E-state index contributed by atoms with van der Waals surface area (Å²) in [4.78, 5) is 32.6. The van der Waals surface area contributed by atoms with Gasteiger partial charge in [-0.15, -0.1) is 0 Å². The average Bonchev–Trinajstić information content (AvgIpc) is 2.56. The largest absolute Gasteiger partial charge is 0.507 e. The maximum absolute atomic E-state index is 11.5. The summed E-state index contributed by atoms with van der Waals surface area (Å²) in [6.45, 7) is 1.43. The molecule has 1 aromatic heterocycles. The molecule has 0 radical (unpaired) electrons. The third-order valence-electron chi connectivity index (χ3n) is 3.12. The molecule has 0 atom stereocenters. The molecule has 0 bridgehead atoms. The number of para-hydroxylation sites is 2. The molecule has 0 fully saturated rings. The third kappa shape index (κ3) is 3.71. The molecule has 0 amide bonds. The number of rotatable bonds is 2. The van der Waals surface area contributed by atoms with Crippen molar-refractivity contribution in [1.82, 2.24) is 0 Å². The molecule has 1 N–H and O–H groups in total. The second kappa shape index (κ2) is 7.17. The molecule has 0 aliphatic carbocycles. The highest BCUT2D eigenvalue weighted by Crippen LogP contribution is 2.15. The van der Waals surface area contributed by atoms with Gasteiger partial charge in [-0.2, -0.15) is 0 Å². The molecule has 116 valence electrons. The van der Waals surface area contributed by atoms with Crippen LogP contribution >= 0.6 is 0 Å². The van der Waals surface area contributed by atoms with E-state index in [1.165, 1.54) is 19.3 Å². The number of hydrogen-bond donors (Lipinski definition) is 1.